The van der Waals surface area contributed by atoms with Gasteiger partial charge in [-0.05, 0) is 18.4 Å². The summed E-state index contributed by atoms with van der Waals surface area (Å²) in [6.45, 7) is 6.55. The van der Waals surface area contributed by atoms with Gasteiger partial charge in [-0.2, -0.15) is 0 Å². The van der Waals surface area contributed by atoms with Gasteiger partial charge in [0.1, 0.15) is 0 Å². The van der Waals surface area contributed by atoms with Gasteiger partial charge in [0.25, 0.3) is 0 Å². The molecular weight excluding hydrogens is 196 g/mol. The second-order valence-electron chi connectivity index (χ2n) is 3.86. The molecule has 0 aromatic carbocycles. The molecule has 1 rings (SSSR count). The molecular formula is C9H22O2Si2. The average Bonchev–Trinajstić information content (AvgIpc) is 2.21. The zero-order valence-corrected chi connectivity index (χ0v) is 11.5. The zero-order valence-electron chi connectivity index (χ0n) is 8.92. The van der Waals surface area contributed by atoms with E-state index in [-0.39, 0.29) is 9.28 Å². The lowest BCUT2D eigenvalue weighted by atomic mass is 10.1. The van der Waals surface area contributed by atoms with Crippen LogP contribution in [0.3, 0.4) is 0 Å². The van der Waals surface area contributed by atoms with Crippen LogP contribution in [-0.4, -0.2) is 31.1 Å². The van der Waals surface area contributed by atoms with Crippen molar-refractivity contribution in [2.24, 2.45) is 5.92 Å². The Kier molecular flexibility index (Phi) is 5.94. The van der Waals surface area contributed by atoms with Crippen molar-refractivity contribution in [2.75, 3.05) is 13.2 Å². The molecule has 1 fully saturated rings. The van der Waals surface area contributed by atoms with E-state index >= 15 is 0 Å². The molecule has 0 spiro atoms. The van der Waals surface area contributed by atoms with E-state index in [2.05, 4.69) is 13.8 Å². The standard InChI is InChI=1S/C9H22O2Si2/c1-3-9(4-2)8-11-13-7-5-6-10-12-13/h9,13H,3-8,12H2,1-2H3. The topological polar surface area (TPSA) is 18.5 Å². The summed E-state index contributed by atoms with van der Waals surface area (Å²) in [6.07, 6.45) is 3.78. The van der Waals surface area contributed by atoms with Crippen LogP contribution in [0, 0.1) is 5.92 Å². The molecule has 1 heterocycles. The van der Waals surface area contributed by atoms with Crippen molar-refractivity contribution in [3.05, 3.63) is 0 Å². The molecule has 0 N–H and O–H groups in total. The summed E-state index contributed by atoms with van der Waals surface area (Å²) in [7, 11) is -1.01. The lowest BCUT2D eigenvalue weighted by Gasteiger charge is -2.22. The summed E-state index contributed by atoms with van der Waals surface area (Å²) >= 11 is 0. The Morgan fingerprint density at radius 2 is 2.23 bits per heavy atom. The summed E-state index contributed by atoms with van der Waals surface area (Å²) in [6, 6.07) is 1.38. The summed E-state index contributed by atoms with van der Waals surface area (Å²) in [5, 5.41) is 0. The van der Waals surface area contributed by atoms with Crippen molar-refractivity contribution < 1.29 is 8.85 Å². The molecule has 78 valence electrons. The molecule has 1 aliphatic heterocycles. The van der Waals surface area contributed by atoms with Crippen LogP contribution in [0.5, 0.6) is 0 Å². The summed E-state index contributed by atoms with van der Waals surface area (Å²) in [5.74, 6) is 0.795. The SMILES string of the molecule is CCC(CC)CO[SiH]1CCCO[SiH2]1. The molecule has 1 saturated heterocycles. The zero-order chi connectivity index (χ0) is 9.52. The first-order chi connectivity index (χ1) is 6.36. The first-order valence-electron chi connectivity index (χ1n) is 5.56. The van der Waals surface area contributed by atoms with E-state index in [1.807, 2.05) is 0 Å². The molecule has 0 radical (unpaired) electrons. The molecule has 4 heteroatoms. The highest BCUT2D eigenvalue weighted by molar-refractivity contribution is 7.06. The predicted octanol–water partition coefficient (Wildman–Crippen LogP) is 1.16. The Balaban J connectivity index is 2.09. The minimum atomic E-state index is -0.794. The van der Waals surface area contributed by atoms with Gasteiger partial charge >= 0.3 is 0 Å². The summed E-state index contributed by atoms with van der Waals surface area (Å²) < 4.78 is 11.6. The molecule has 1 unspecified atom stereocenters. The normalized spacial score (nSPS) is 25.6. The van der Waals surface area contributed by atoms with E-state index in [4.69, 9.17) is 8.85 Å². The molecule has 2 nitrogen and oxygen atoms in total. The number of hydrogen-bond donors (Lipinski definition) is 0. The maximum Gasteiger partial charge on any atom is 0.189 e. The highest BCUT2D eigenvalue weighted by Gasteiger charge is 2.18. The van der Waals surface area contributed by atoms with Crippen molar-refractivity contribution in [2.45, 2.75) is 39.2 Å². The van der Waals surface area contributed by atoms with E-state index in [1.165, 1.54) is 25.3 Å². The van der Waals surface area contributed by atoms with Gasteiger partial charge in [-0.1, -0.05) is 26.7 Å². The van der Waals surface area contributed by atoms with Gasteiger partial charge in [0.2, 0.25) is 0 Å². The molecule has 0 aromatic rings. The first-order valence-corrected chi connectivity index (χ1v) is 10.7. The predicted molar refractivity (Wildman–Crippen MR) is 61.1 cm³/mol. The molecule has 0 saturated carbocycles. The summed E-state index contributed by atoms with van der Waals surface area (Å²) in [4.78, 5) is 0. The van der Waals surface area contributed by atoms with Crippen molar-refractivity contribution in [1.29, 1.82) is 0 Å². The van der Waals surface area contributed by atoms with E-state index in [9.17, 15) is 0 Å². The second-order valence-corrected chi connectivity index (χ2v) is 10.5. The summed E-state index contributed by atoms with van der Waals surface area (Å²) in [5.41, 5.74) is 0. The average molecular weight is 218 g/mol. The lowest BCUT2D eigenvalue weighted by Crippen LogP contribution is -2.34. The van der Waals surface area contributed by atoms with Crippen LogP contribution < -0.4 is 0 Å². The fourth-order valence-electron chi connectivity index (χ4n) is 1.64. The minimum absolute atomic E-state index is 0.219. The monoisotopic (exact) mass is 218 g/mol. The van der Waals surface area contributed by atoms with Gasteiger partial charge in [-0.25, -0.2) is 0 Å². The number of hydrogen-bond acceptors (Lipinski definition) is 2. The Bertz CT molecular complexity index is 123. The van der Waals surface area contributed by atoms with E-state index in [0.29, 0.717) is 0 Å². The molecule has 0 aromatic heterocycles. The fourth-order valence-corrected chi connectivity index (χ4v) is 7.22. The Labute approximate surface area is 85.5 Å². The van der Waals surface area contributed by atoms with Crippen LogP contribution in [0.15, 0.2) is 0 Å². The van der Waals surface area contributed by atoms with E-state index in [0.717, 1.165) is 19.1 Å². The van der Waals surface area contributed by atoms with Crippen molar-refractivity contribution in [3.63, 3.8) is 0 Å². The van der Waals surface area contributed by atoms with E-state index in [1.54, 1.807) is 0 Å². The van der Waals surface area contributed by atoms with Crippen LogP contribution in [0.25, 0.3) is 0 Å². The van der Waals surface area contributed by atoms with Crippen LogP contribution in [0.2, 0.25) is 6.04 Å². The smallest absolute Gasteiger partial charge is 0.189 e. The van der Waals surface area contributed by atoms with Crippen LogP contribution in [0.4, 0.5) is 0 Å². The highest BCUT2D eigenvalue weighted by atomic mass is 29.2. The van der Waals surface area contributed by atoms with Gasteiger partial charge in [0.15, 0.2) is 17.8 Å². The maximum atomic E-state index is 6.00. The quantitative estimate of drug-likeness (QED) is 0.645. The molecule has 0 amide bonds. The molecule has 1 aliphatic rings. The van der Waals surface area contributed by atoms with Crippen molar-refractivity contribution in [1.82, 2.24) is 0 Å². The van der Waals surface area contributed by atoms with Gasteiger partial charge in [-0.15, -0.1) is 0 Å². The molecule has 0 bridgehead atoms. The first kappa shape index (κ1) is 11.4. The van der Waals surface area contributed by atoms with E-state index < -0.39 is 8.56 Å². The molecule has 0 aliphatic carbocycles. The van der Waals surface area contributed by atoms with Crippen LogP contribution in [0.1, 0.15) is 33.1 Å². The third-order valence-corrected chi connectivity index (χ3v) is 9.21. The minimum Gasteiger partial charge on any atom is -0.425 e. The fraction of sp³-hybridized carbons (Fsp3) is 1.00. The Morgan fingerprint density at radius 3 is 2.77 bits per heavy atom. The van der Waals surface area contributed by atoms with Gasteiger partial charge in [-0.3, -0.25) is 0 Å². The third-order valence-electron chi connectivity index (χ3n) is 2.84. The van der Waals surface area contributed by atoms with Gasteiger partial charge in [0.05, 0.1) is 0 Å². The van der Waals surface area contributed by atoms with Gasteiger partial charge < -0.3 is 8.85 Å². The Morgan fingerprint density at radius 1 is 1.46 bits per heavy atom. The Hall–Kier alpha value is 0.354. The third kappa shape index (κ3) is 4.40. The van der Waals surface area contributed by atoms with Gasteiger partial charge in [0, 0.05) is 13.2 Å². The molecule has 13 heavy (non-hydrogen) atoms. The second kappa shape index (κ2) is 6.76. The largest absolute Gasteiger partial charge is 0.425 e. The number of rotatable bonds is 5. The highest BCUT2D eigenvalue weighted by Crippen LogP contribution is 2.11. The maximum absolute atomic E-state index is 6.00. The molecule has 1 atom stereocenters. The van der Waals surface area contributed by atoms with Crippen LogP contribution in [-0.2, 0) is 8.85 Å². The van der Waals surface area contributed by atoms with Crippen molar-refractivity contribution in [3.8, 4) is 0 Å². The van der Waals surface area contributed by atoms with Crippen LogP contribution >= 0.6 is 0 Å². The lowest BCUT2D eigenvalue weighted by molar-refractivity contribution is 0.234. The van der Waals surface area contributed by atoms with Crippen molar-refractivity contribution >= 4 is 17.8 Å².